The van der Waals surface area contributed by atoms with Gasteiger partial charge in [-0.2, -0.15) is 0 Å². The normalized spacial score (nSPS) is 11.3. The van der Waals surface area contributed by atoms with E-state index in [4.69, 9.17) is 9.47 Å². The van der Waals surface area contributed by atoms with Gasteiger partial charge in [-0.3, -0.25) is 9.10 Å². The van der Waals surface area contributed by atoms with Crippen molar-refractivity contribution in [1.82, 2.24) is 5.32 Å². The fourth-order valence-corrected chi connectivity index (χ4v) is 4.46. The maximum absolute atomic E-state index is 13.5. The van der Waals surface area contributed by atoms with Gasteiger partial charge in [-0.15, -0.1) is 0 Å². The number of nitrogens with zero attached hydrogens (tertiary/aromatic N) is 1. The van der Waals surface area contributed by atoms with E-state index in [0.29, 0.717) is 17.2 Å². The summed E-state index contributed by atoms with van der Waals surface area (Å²) in [5.74, 6) is 0.363. The average Bonchev–Trinajstić information content (AvgIpc) is 2.75. The quantitative estimate of drug-likeness (QED) is 0.619. The predicted octanol–water partition coefficient (Wildman–Crippen LogP) is 3.51. The molecule has 0 aliphatic heterocycles. The van der Waals surface area contributed by atoms with E-state index in [0.717, 1.165) is 22.7 Å². The van der Waals surface area contributed by atoms with Gasteiger partial charge in [0.15, 0.2) is 11.5 Å². The van der Waals surface area contributed by atoms with Crippen LogP contribution in [-0.4, -0.2) is 41.1 Å². The first-order chi connectivity index (χ1) is 14.3. The van der Waals surface area contributed by atoms with Crippen LogP contribution in [0.3, 0.4) is 0 Å². The molecule has 30 heavy (non-hydrogen) atoms. The highest BCUT2D eigenvalue weighted by molar-refractivity contribution is 7.92. The number of methoxy groups -OCH3 is 2. The fourth-order valence-electron chi connectivity index (χ4n) is 3.03. The van der Waals surface area contributed by atoms with E-state index in [-0.39, 0.29) is 23.4 Å². The molecule has 7 nitrogen and oxygen atoms in total. The summed E-state index contributed by atoms with van der Waals surface area (Å²) in [4.78, 5) is 12.7. The van der Waals surface area contributed by atoms with Crippen molar-refractivity contribution in [2.75, 3.05) is 25.1 Å². The van der Waals surface area contributed by atoms with Gasteiger partial charge in [0.05, 0.1) is 24.8 Å². The van der Waals surface area contributed by atoms with Crippen molar-refractivity contribution < 1.29 is 22.7 Å². The number of rotatable bonds is 10. The smallest absolute Gasteiger partial charge is 0.264 e. The molecule has 8 heteroatoms. The van der Waals surface area contributed by atoms with Crippen LogP contribution in [0.4, 0.5) is 5.69 Å². The van der Waals surface area contributed by atoms with E-state index < -0.39 is 10.0 Å². The Morgan fingerprint density at radius 2 is 1.60 bits per heavy atom. The minimum Gasteiger partial charge on any atom is -0.493 e. The number of aryl methyl sites for hydroxylation is 1. The van der Waals surface area contributed by atoms with Gasteiger partial charge in [-0.1, -0.05) is 31.5 Å². The first-order valence-corrected chi connectivity index (χ1v) is 11.3. The Labute approximate surface area is 179 Å². The second kappa shape index (κ2) is 10.3. The van der Waals surface area contributed by atoms with Crippen LogP contribution in [0.5, 0.6) is 11.5 Å². The van der Waals surface area contributed by atoms with E-state index in [1.54, 1.807) is 12.1 Å². The molecule has 0 spiro atoms. The molecule has 1 amide bonds. The molecule has 0 aliphatic rings. The molecule has 0 unspecified atom stereocenters. The van der Waals surface area contributed by atoms with E-state index in [9.17, 15) is 13.2 Å². The summed E-state index contributed by atoms with van der Waals surface area (Å²) in [5, 5.41) is 2.90. The van der Waals surface area contributed by atoms with Gasteiger partial charge in [0, 0.05) is 12.1 Å². The number of amides is 1. The number of carbonyl (C=O) groups is 1. The van der Waals surface area contributed by atoms with Crippen molar-refractivity contribution in [1.29, 1.82) is 0 Å². The third kappa shape index (κ3) is 5.44. The number of hydrogen-bond donors (Lipinski definition) is 1. The van der Waals surface area contributed by atoms with Crippen molar-refractivity contribution in [2.24, 2.45) is 0 Å². The number of nitrogens with one attached hydrogen (secondary N) is 1. The van der Waals surface area contributed by atoms with E-state index in [1.807, 2.05) is 32.9 Å². The number of sulfonamides is 1. The Hall–Kier alpha value is -2.74. The van der Waals surface area contributed by atoms with Gasteiger partial charge in [0.2, 0.25) is 5.91 Å². The summed E-state index contributed by atoms with van der Waals surface area (Å²) in [6.07, 6.45) is 1.55. The van der Waals surface area contributed by atoms with Gasteiger partial charge < -0.3 is 14.8 Å². The van der Waals surface area contributed by atoms with Gasteiger partial charge in [-0.25, -0.2) is 8.42 Å². The first-order valence-electron chi connectivity index (χ1n) is 9.87. The lowest BCUT2D eigenvalue weighted by molar-refractivity contribution is -0.120. The molecular formula is C22H30N2O5S. The first kappa shape index (κ1) is 23.5. The van der Waals surface area contributed by atoms with Crippen molar-refractivity contribution in [3.63, 3.8) is 0 Å². The van der Waals surface area contributed by atoms with Crippen molar-refractivity contribution in [2.45, 2.75) is 44.6 Å². The van der Waals surface area contributed by atoms with E-state index in [1.165, 1.54) is 32.4 Å². The lowest BCUT2D eigenvalue weighted by Gasteiger charge is -2.25. The Bertz CT molecular complexity index is 954. The third-order valence-corrected chi connectivity index (χ3v) is 6.67. The summed E-state index contributed by atoms with van der Waals surface area (Å²) in [7, 11) is -1.11. The molecule has 1 N–H and O–H groups in total. The highest BCUT2D eigenvalue weighted by atomic mass is 32.2. The fraction of sp³-hybridized carbons (Fsp3) is 0.409. The lowest BCUT2D eigenvalue weighted by atomic mass is 10.2. The number of benzene rings is 2. The van der Waals surface area contributed by atoms with Crippen LogP contribution in [0.25, 0.3) is 0 Å². The number of ether oxygens (including phenoxy) is 2. The topological polar surface area (TPSA) is 84.9 Å². The van der Waals surface area contributed by atoms with Crippen LogP contribution >= 0.6 is 0 Å². The van der Waals surface area contributed by atoms with Crippen LogP contribution < -0.4 is 19.1 Å². The van der Waals surface area contributed by atoms with Crippen molar-refractivity contribution in [3.8, 4) is 11.5 Å². The molecule has 164 valence electrons. The van der Waals surface area contributed by atoms with Crippen molar-refractivity contribution in [3.05, 3.63) is 48.0 Å². The zero-order valence-electron chi connectivity index (χ0n) is 18.1. The predicted molar refractivity (Wildman–Crippen MR) is 118 cm³/mol. The summed E-state index contributed by atoms with van der Waals surface area (Å²) in [6.45, 7) is 5.55. The standard InChI is InChI=1S/C22H30N2O5S/c1-6-17(7-2)23-22(25)15-24(18-10-8-16(3)9-11-18)30(26,27)19-12-13-20(28-4)21(14-19)29-5/h8-14,17H,6-7,15H2,1-5H3,(H,23,25). The molecule has 2 rings (SSSR count). The molecule has 0 bridgehead atoms. The van der Waals surface area contributed by atoms with Crippen molar-refractivity contribution >= 4 is 21.6 Å². The molecule has 0 saturated carbocycles. The molecule has 0 saturated heterocycles. The Balaban J connectivity index is 2.47. The maximum atomic E-state index is 13.5. The van der Waals surface area contributed by atoms with E-state index >= 15 is 0 Å². The Kier molecular flexibility index (Phi) is 8.11. The highest BCUT2D eigenvalue weighted by Gasteiger charge is 2.28. The molecular weight excluding hydrogens is 404 g/mol. The zero-order chi connectivity index (χ0) is 22.3. The van der Waals surface area contributed by atoms with Gasteiger partial charge in [0.1, 0.15) is 6.54 Å². The lowest BCUT2D eigenvalue weighted by Crippen LogP contribution is -2.44. The summed E-state index contributed by atoms with van der Waals surface area (Å²) in [6, 6.07) is 11.4. The molecule has 0 aliphatic carbocycles. The summed E-state index contributed by atoms with van der Waals surface area (Å²) < 4.78 is 38.6. The van der Waals surface area contributed by atoms with E-state index in [2.05, 4.69) is 5.32 Å². The number of anilines is 1. The zero-order valence-corrected chi connectivity index (χ0v) is 19.0. The molecule has 0 atom stereocenters. The van der Waals surface area contributed by atoms with Crippen LogP contribution in [-0.2, 0) is 14.8 Å². The molecule has 2 aromatic rings. The summed E-state index contributed by atoms with van der Waals surface area (Å²) >= 11 is 0. The van der Waals surface area contributed by atoms with Crippen LogP contribution in [0.2, 0.25) is 0 Å². The maximum Gasteiger partial charge on any atom is 0.264 e. The molecule has 0 radical (unpaired) electrons. The van der Waals surface area contributed by atoms with Gasteiger partial charge in [0.25, 0.3) is 10.0 Å². The van der Waals surface area contributed by atoms with Crippen LogP contribution in [0.15, 0.2) is 47.4 Å². The van der Waals surface area contributed by atoms with Crippen LogP contribution in [0, 0.1) is 6.92 Å². The minimum atomic E-state index is -4.03. The minimum absolute atomic E-state index is 0.00107. The molecule has 0 fully saturated rings. The van der Waals surface area contributed by atoms with Gasteiger partial charge >= 0.3 is 0 Å². The number of carbonyl (C=O) groups excluding carboxylic acids is 1. The highest BCUT2D eigenvalue weighted by Crippen LogP contribution is 2.32. The molecule has 0 heterocycles. The monoisotopic (exact) mass is 434 g/mol. The largest absolute Gasteiger partial charge is 0.493 e. The summed E-state index contributed by atoms with van der Waals surface area (Å²) in [5.41, 5.74) is 1.40. The van der Waals surface area contributed by atoms with Gasteiger partial charge in [-0.05, 0) is 44.0 Å². The third-order valence-electron chi connectivity index (χ3n) is 4.90. The molecule has 2 aromatic carbocycles. The van der Waals surface area contributed by atoms with Crippen LogP contribution in [0.1, 0.15) is 32.3 Å². The second-order valence-corrected chi connectivity index (χ2v) is 8.81. The number of hydrogen-bond acceptors (Lipinski definition) is 5. The SMILES string of the molecule is CCC(CC)NC(=O)CN(c1ccc(C)cc1)S(=O)(=O)c1ccc(OC)c(OC)c1. The Morgan fingerprint density at radius 1 is 1.00 bits per heavy atom. The second-order valence-electron chi connectivity index (χ2n) is 6.94. The molecule has 0 aromatic heterocycles. The Morgan fingerprint density at radius 3 is 2.13 bits per heavy atom. The average molecular weight is 435 g/mol.